The molecule has 1 aromatic rings. The fraction of sp³-hybridized carbons (Fsp3) is 0.467. The number of carbonyl (C=O) groups excluding carboxylic acids is 1. The van der Waals surface area contributed by atoms with Gasteiger partial charge in [0.05, 0.1) is 19.6 Å². The lowest BCUT2D eigenvalue weighted by Crippen LogP contribution is -2.38. The van der Waals surface area contributed by atoms with Crippen LogP contribution in [-0.4, -0.2) is 54.8 Å². The van der Waals surface area contributed by atoms with Crippen LogP contribution in [0.4, 0.5) is 8.78 Å². The maximum atomic E-state index is 14.0. The Labute approximate surface area is 131 Å². The van der Waals surface area contributed by atoms with E-state index in [1.807, 2.05) is 0 Å². The van der Waals surface area contributed by atoms with Gasteiger partial charge in [-0.2, -0.15) is 0 Å². The minimum Gasteiger partial charge on any atom is -0.493 e. The normalized spacial score (nSPS) is 20.6. The molecule has 1 aliphatic rings. The van der Waals surface area contributed by atoms with Crippen molar-refractivity contribution in [2.45, 2.75) is 25.0 Å². The Morgan fingerprint density at radius 3 is 2.52 bits per heavy atom. The summed E-state index contributed by atoms with van der Waals surface area (Å²) < 4.78 is 37.8. The van der Waals surface area contributed by atoms with Crippen molar-refractivity contribution in [3.63, 3.8) is 0 Å². The van der Waals surface area contributed by atoms with E-state index >= 15 is 0 Å². The van der Waals surface area contributed by atoms with E-state index in [0.29, 0.717) is 6.42 Å². The Bertz CT molecular complexity index is 622. The number of methoxy groups -OCH3 is 2. The summed E-state index contributed by atoms with van der Waals surface area (Å²) in [4.78, 5) is 24.8. The molecule has 0 saturated carbocycles. The number of amides is 1. The SMILES string of the molecule is COc1c(F)ccc(F)c1C(=O)N1CC(OC)CC1CC(=O)O. The molecule has 0 radical (unpaired) electrons. The van der Waals surface area contributed by atoms with Gasteiger partial charge in [0.1, 0.15) is 11.4 Å². The summed E-state index contributed by atoms with van der Waals surface area (Å²) in [6.07, 6.45) is -0.343. The highest BCUT2D eigenvalue weighted by molar-refractivity contribution is 5.98. The molecule has 0 bridgehead atoms. The minimum absolute atomic E-state index is 0.104. The van der Waals surface area contributed by atoms with E-state index in [0.717, 1.165) is 19.2 Å². The van der Waals surface area contributed by atoms with Crippen LogP contribution < -0.4 is 4.74 Å². The van der Waals surface area contributed by atoms with Gasteiger partial charge in [-0.25, -0.2) is 8.78 Å². The molecule has 1 aliphatic heterocycles. The van der Waals surface area contributed by atoms with Crippen LogP contribution >= 0.6 is 0 Å². The van der Waals surface area contributed by atoms with Crippen molar-refractivity contribution < 1.29 is 33.0 Å². The van der Waals surface area contributed by atoms with Crippen molar-refractivity contribution >= 4 is 11.9 Å². The van der Waals surface area contributed by atoms with Crippen LogP contribution in [0.25, 0.3) is 0 Å². The molecule has 2 rings (SSSR count). The predicted molar refractivity (Wildman–Crippen MR) is 75.4 cm³/mol. The zero-order valence-electron chi connectivity index (χ0n) is 12.7. The Morgan fingerprint density at radius 2 is 1.96 bits per heavy atom. The minimum atomic E-state index is -1.09. The van der Waals surface area contributed by atoms with Crippen LogP contribution in [0.2, 0.25) is 0 Å². The van der Waals surface area contributed by atoms with Gasteiger partial charge in [-0.3, -0.25) is 9.59 Å². The molecule has 2 unspecified atom stereocenters. The van der Waals surface area contributed by atoms with Crippen molar-refractivity contribution in [1.82, 2.24) is 4.90 Å². The molecule has 1 aromatic carbocycles. The highest BCUT2D eigenvalue weighted by Gasteiger charge is 2.39. The van der Waals surface area contributed by atoms with Gasteiger partial charge in [-0.1, -0.05) is 0 Å². The van der Waals surface area contributed by atoms with Crippen LogP contribution in [-0.2, 0) is 9.53 Å². The van der Waals surface area contributed by atoms with Gasteiger partial charge in [0, 0.05) is 19.7 Å². The molecule has 1 heterocycles. The Morgan fingerprint density at radius 1 is 1.30 bits per heavy atom. The summed E-state index contributed by atoms with van der Waals surface area (Å²) in [5, 5.41) is 8.96. The first-order valence-electron chi connectivity index (χ1n) is 6.96. The van der Waals surface area contributed by atoms with Gasteiger partial charge in [0.15, 0.2) is 11.6 Å². The number of carboxylic acid groups (broad SMARTS) is 1. The van der Waals surface area contributed by atoms with E-state index in [1.54, 1.807) is 0 Å². The third kappa shape index (κ3) is 3.42. The number of carboxylic acids is 1. The number of halogens is 2. The maximum Gasteiger partial charge on any atom is 0.305 e. The van der Waals surface area contributed by atoms with Crippen LogP contribution in [0, 0.1) is 11.6 Å². The standard InChI is InChI=1S/C15H17F2NO5/c1-22-9-5-8(6-12(19)20)18(7-9)15(21)13-10(16)3-4-11(17)14(13)23-2/h3-4,8-9H,5-7H2,1-2H3,(H,19,20). The van der Waals surface area contributed by atoms with Gasteiger partial charge < -0.3 is 19.5 Å². The molecular formula is C15H17F2NO5. The summed E-state index contributed by atoms with van der Waals surface area (Å²) >= 11 is 0. The molecule has 0 aliphatic carbocycles. The molecule has 126 valence electrons. The number of benzene rings is 1. The smallest absolute Gasteiger partial charge is 0.305 e. The van der Waals surface area contributed by atoms with Crippen molar-refractivity contribution in [3.05, 3.63) is 29.3 Å². The number of hydrogen-bond donors (Lipinski definition) is 1. The van der Waals surface area contributed by atoms with Crippen LogP contribution in [0.15, 0.2) is 12.1 Å². The van der Waals surface area contributed by atoms with Gasteiger partial charge in [-0.15, -0.1) is 0 Å². The first kappa shape index (κ1) is 17.1. The van der Waals surface area contributed by atoms with Gasteiger partial charge in [0.25, 0.3) is 5.91 Å². The molecule has 1 saturated heterocycles. The number of ether oxygens (including phenoxy) is 2. The number of carbonyl (C=O) groups is 2. The predicted octanol–water partition coefficient (Wildman–Crippen LogP) is 1.68. The van der Waals surface area contributed by atoms with Crippen LogP contribution in [0.5, 0.6) is 5.75 Å². The van der Waals surface area contributed by atoms with E-state index < -0.39 is 40.9 Å². The number of likely N-dealkylation sites (tertiary alicyclic amines) is 1. The third-order valence-electron chi connectivity index (χ3n) is 3.86. The second kappa shape index (κ2) is 6.91. The molecule has 2 atom stereocenters. The maximum absolute atomic E-state index is 14.0. The van der Waals surface area contributed by atoms with Gasteiger partial charge >= 0.3 is 5.97 Å². The molecule has 1 amide bonds. The zero-order valence-corrected chi connectivity index (χ0v) is 12.7. The molecule has 8 heteroatoms. The number of rotatable bonds is 5. The quantitative estimate of drug-likeness (QED) is 0.889. The fourth-order valence-corrected chi connectivity index (χ4v) is 2.76. The Kier molecular flexibility index (Phi) is 5.15. The topological polar surface area (TPSA) is 76.1 Å². The van der Waals surface area contributed by atoms with E-state index in [1.165, 1.54) is 12.0 Å². The number of hydrogen-bond acceptors (Lipinski definition) is 4. The summed E-state index contributed by atoms with van der Waals surface area (Å²) in [6, 6.07) is 1.04. The molecular weight excluding hydrogens is 312 g/mol. The molecule has 1 N–H and O–H groups in total. The largest absolute Gasteiger partial charge is 0.493 e. The third-order valence-corrected chi connectivity index (χ3v) is 3.86. The van der Waals surface area contributed by atoms with Crippen molar-refractivity contribution in [2.24, 2.45) is 0 Å². The fourth-order valence-electron chi connectivity index (χ4n) is 2.76. The molecule has 6 nitrogen and oxygen atoms in total. The van der Waals surface area contributed by atoms with E-state index in [9.17, 15) is 18.4 Å². The van der Waals surface area contributed by atoms with E-state index in [2.05, 4.69) is 0 Å². The first-order chi connectivity index (χ1) is 10.9. The van der Waals surface area contributed by atoms with E-state index in [4.69, 9.17) is 14.6 Å². The summed E-state index contributed by atoms with van der Waals surface area (Å²) in [7, 11) is 2.57. The van der Waals surface area contributed by atoms with E-state index in [-0.39, 0.29) is 19.1 Å². The monoisotopic (exact) mass is 329 g/mol. The second-order valence-corrected chi connectivity index (χ2v) is 5.24. The number of aliphatic carboxylic acids is 1. The van der Waals surface area contributed by atoms with Crippen molar-refractivity contribution in [1.29, 1.82) is 0 Å². The average molecular weight is 329 g/mol. The van der Waals surface area contributed by atoms with Gasteiger partial charge in [0.2, 0.25) is 0 Å². The lowest BCUT2D eigenvalue weighted by atomic mass is 10.1. The molecule has 0 spiro atoms. The highest BCUT2D eigenvalue weighted by atomic mass is 19.1. The van der Waals surface area contributed by atoms with Crippen LogP contribution in [0.3, 0.4) is 0 Å². The summed E-state index contributed by atoms with van der Waals surface area (Å²) in [5.74, 6) is -4.19. The summed E-state index contributed by atoms with van der Waals surface area (Å²) in [6.45, 7) is 0.104. The molecule has 1 fully saturated rings. The van der Waals surface area contributed by atoms with Gasteiger partial charge in [-0.05, 0) is 18.6 Å². The second-order valence-electron chi connectivity index (χ2n) is 5.24. The first-order valence-corrected chi connectivity index (χ1v) is 6.96. The molecule has 23 heavy (non-hydrogen) atoms. The lowest BCUT2D eigenvalue weighted by molar-refractivity contribution is -0.137. The Balaban J connectivity index is 2.38. The highest BCUT2D eigenvalue weighted by Crippen LogP contribution is 2.31. The number of nitrogens with zero attached hydrogens (tertiary/aromatic N) is 1. The zero-order chi connectivity index (χ0) is 17.1. The average Bonchev–Trinajstić information content (AvgIpc) is 2.90. The van der Waals surface area contributed by atoms with Crippen molar-refractivity contribution in [2.75, 3.05) is 20.8 Å². The molecule has 0 aromatic heterocycles. The van der Waals surface area contributed by atoms with Crippen molar-refractivity contribution in [3.8, 4) is 5.75 Å². The Hall–Kier alpha value is -2.22. The lowest BCUT2D eigenvalue weighted by Gasteiger charge is -2.24. The van der Waals surface area contributed by atoms with Crippen LogP contribution in [0.1, 0.15) is 23.2 Å². The summed E-state index contributed by atoms with van der Waals surface area (Å²) in [5.41, 5.74) is -0.542.